The molecule has 1 spiro atoms. The van der Waals surface area contributed by atoms with Gasteiger partial charge in [0.05, 0.1) is 13.2 Å². The molecular weight excluding hydrogens is 228 g/mol. The molecule has 4 unspecified atom stereocenters. The normalized spacial score (nSPS) is 44.8. The highest BCUT2D eigenvalue weighted by Gasteiger charge is 2.47. The van der Waals surface area contributed by atoms with Crippen molar-refractivity contribution in [2.75, 3.05) is 19.8 Å². The second-order valence-electron chi connectivity index (χ2n) is 6.47. The molecule has 1 aliphatic carbocycles. The van der Waals surface area contributed by atoms with Crippen molar-refractivity contribution in [3.63, 3.8) is 0 Å². The van der Waals surface area contributed by atoms with E-state index in [1.807, 2.05) is 0 Å². The summed E-state index contributed by atoms with van der Waals surface area (Å²) in [4.78, 5) is 2.60. The Morgan fingerprint density at radius 1 is 1.22 bits per heavy atom. The van der Waals surface area contributed by atoms with Gasteiger partial charge in [0, 0.05) is 37.5 Å². The minimum atomic E-state index is -0.313. The molecule has 0 radical (unpaired) electrons. The number of nitrogens with zero attached hydrogens (tertiary/aromatic N) is 1. The van der Waals surface area contributed by atoms with E-state index in [-0.39, 0.29) is 11.8 Å². The minimum absolute atomic E-state index is 0.274. The molecule has 3 fully saturated rings. The monoisotopic (exact) mass is 254 g/mol. The molecule has 4 heteroatoms. The predicted molar refractivity (Wildman–Crippen MR) is 70.2 cm³/mol. The summed E-state index contributed by atoms with van der Waals surface area (Å²) in [6.07, 6.45) is 4.22. The Balaban J connectivity index is 1.73. The van der Waals surface area contributed by atoms with Crippen LogP contribution in [0.1, 0.15) is 39.5 Å². The smallest absolute Gasteiger partial charge is 0.170 e. The van der Waals surface area contributed by atoms with Crippen molar-refractivity contribution >= 4 is 0 Å². The number of hydrogen-bond donors (Lipinski definition) is 1. The number of hydrogen-bond acceptors (Lipinski definition) is 4. The quantitative estimate of drug-likeness (QED) is 0.767. The van der Waals surface area contributed by atoms with Crippen LogP contribution in [-0.2, 0) is 9.47 Å². The highest BCUT2D eigenvalue weighted by atomic mass is 16.7. The van der Waals surface area contributed by atoms with E-state index in [4.69, 9.17) is 15.2 Å². The molecule has 0 aromatic heterocycles. The highest BCUT2D eigenvalue weighted by molar-refractivity contribution is 4.98. The van der Waals surface area contributed by atoms with Crippen LogP contribution >= 0.6 is 0 Å². The first-order valence-corrected chi connectivity index (χ1v) is 7.39. The summed E-state index contributed by atoms with van der Waals surface area (Å²) < 4.78 is 11.8. The molecule has 0 aromatic carbocycles. The fraction of sp³-hybridized carbons (Fsp3) is 1.00. The second kappa shape index (κ2) is 4.75. The predicted octanol–water partition coefficient (Wildman–Crippen LogP) is 1.34. The van der Waals surface area contributed by atoms with Gasteiger partial charge in [0.25, 0.3) is 0 Å². The summed E-state index contributed by atoms with van der Waals surface area (Å²) in [5.74, 6) is 0.474. The van der Waals surface area contributed by atoms with Gasteiger partial charge in [0.15, 0.2) is 5.79 Å². The zero-order valence-corrected chi connectivity index (χ0v) is 11.6. The molecule has 3 aliphatic rings. The van der Waals surface area contributed by atoms with Gasteiger partial charge in [-0.1, -0.05) is 6.92 Å². The Kier molecular flexibility index (Phi) is 3.39. The zero-order chi connectivity index (χ0) is 12.8. The molecule has 1 saturated carbocycles. The lowest BCUT2D eigenvalue weighted by Gasteiger charge is -2.45. The van der Waals surface area contributed by atoms with Gasteiger partial charge in [-0.25, -0.2) is 0 Å². The van der Waals surface area contributed by atoms with Crippen LogP contribution in [0.15, 0.2) is 0 Å². The van der Waals surface area contributed by atoms with Crippen LogP contribution in [0.3, 0.4) is 0 Å². The van der Waals surface area contributed by atoms with E-state index in [1.165, 1.54) is 13.0 Å². The summed E-state index contributed by atoms with van der Waals surface area (Å²) in [6.45, 7) is 7.33. The Labute approximate surface area is 110 Å². The largest absolute Gasteiger partial charge is 0.347 e. The van der Waals surface area contributed by atoms with Gasteiger partial charge in [-0.2, -0.15) is 0 Å². The summed E-state index contributed by atoms with van der Waals surface area (Å²) in [6, 6.07) is 1.35. The van der Waals surface area contributed by atoms with E-state index in [1.54, 1.807) is 0 Å². The van der Waals surface area contributed by atoms with Crippen LogP contribution in [-0.4, -0.2) is 48.6 Å². The van der Waals surface area contributed by atoms with Crippen molar-refractivity contribution in [2.45, 2.75) is 63.4 Å². The lowest BCUT2D eigenvalue weighted by molar-refractivity contribution is -0.192. The van der Waals surface area contributed by atoms with Gasteiger partial charge in [0.1, 0.15) is 0 Å². The van der Waals surface area contributed by atoms with Crippen molar-refractivity contribution in [2.24, 2.45) is 11.7 Å². The Morgan fingerprint density at radius 2 is 1.94 bits per heavy atom. The van der Waals surface area contributed by atoms with Crippen molar-refractivity contribution in [1.82, 2.24) is 4.90 Å². The van der Waals surface area contributed by atoms with E-state index in [2.05, 4.69) is 18.7 Å². The molecule has 3 rings (SSSR count). The maximum absolute atomic E-state index is 6.36. The molecule has 0 aromatic rings. The van der Waals surface area contributed by atoms with Gasteiger partial charge in [-0.05, 0) is 25.7 Å². The van der Waals surface area contributed by atoms with Gasteiger partial charge < -0.3 is 15.2 Å². The number of rotatable bonds is 1. The van der Waals surface area contributed by atoms with Crippen LogP contribution in [0.2, 0.25) is 0 Å². The molecule has 0 bridgehead atoms. The van der Waals surface area contributed by atoms with Crippen molar-refractivity contribution in [1.29, 1.82) is 0 Å². The summed E-state index contributed by atoms with van der Waals surface area (Å²) in [7, 11) is 0. The lowest BCUT2D eigenvalue weighted by Crippen LogP contribution is -2.57. The van der Waals surface area contributed by atoms with Crippen LogP contribution in [0.25, 0.3) is 0 Å². The summed E-state index contributed by atoms with van der Waals surface area (Å²) >= 11 is 0. The Morgan fingerprint density at radius 3 is 2.56 bits per heavy atom. The number of likely N-dealkylation sites (tertiary alicyclic amines) is 1. The molecule has 4 nitrogen and oxygen atoms in total. The molecular formula is C14H26N2O2. The molecule has 4 atom stereocenters. The number of nitrogens with two attached hydrogens (primary N) is 1. The molecule has 18 heavy (non-hydrogen) atoms. The number of ether oxygens (including phenoxy) is 2. The summed E-state index contributed by atoms with van der Waals surface area (Å²) in [5, 5.41) is 0. The first-order chi connectivity index (χ1) is 8.60. The third kappa shape index (κ3) is 2.20. The van der Waals surface area contributed by atoms with Crippen molar-refractivity contribution in [3.05, 3.63) is 0 Å². The topological polar surface area (TPSA) is 47.7 Å². The van der Waals surface area contributed by atoms with Crippen LogP contribution in [0.4, 0.5) is 0 Å². The van der Waals surface area contributed by atoms with Crippen LogP contribution in [0.5, 0.6) is 0 Å². The standard InChI is InChI=1S/C14H26N2O2/c1-10-7-11(2)16(9-10)13-8-14(4-3-12(13)15)17-5-6-18-14/h10-13H,3-9,15H2,1-2H3. The van der Waals surface area contributed by atoms with Crippen molar-refractivity contribution in [3.8, 4) is 0 Å². The SMILES string of the molecule is CC1CC(C)N(C2CC3(CCC2N)OCCO3)C1. The molecule has 0 amide bonds. The molecule has 2 saturated heterocycles. The lowest BCUT2D eigenvalue weighted by atomic mass is 9.85. The van der Waals surface area contributed by atoms with Gasteiger partial charge in [0.2, 0.25) is 0 Å². The van der Waals surface area contributed by atoms with Crippen molar-refractivity contribution < 1.29 is 9.47 Å². The molecule has 104 valence electrons. The fourth-order valence-electron chi connectivity index (χ4n) is 4.07. The fourth-order valence-corrected chi connectivity index (χ4v) is 4.07. The minimum Gasteiger partial charge on any atom is -0.347 e. The maximum atomic E-state index is 6.36. The highest BCUT2D eigenvalue weighted by Crippen LogP contribution is 2.39. The van der Waals surface area contributed by atoms with E-state index in [0.29, 0.717) is 12.1 Å². The summed E-state index contributed by atoms with van der Waals surface area (Å²) in [5.41, 5.74) is 6.36. The zero-order valence-electron chi connectivity index (χ0n) is 11.6. The second-order valence-corrected chi connectivity index (χ2v) is 6.47. The Bertz CT molecular complexity index is 304. The first kappa shape index (κ1) is 12.9. The van der Waals surface area contributed by atoms with E-state index >= 15 is 0 Å². The van der Waals surface area contributed by atoms with Gasteiger partial charge in [-0.15, -0.1) is 0 Å². The first-order valence-electron chi connectivity index (χ1n) is 7.39. The average Bonchev–Trinajstić information content (AvgIpc) is 2.90. The molecule has 2 heterocycles. The van der Waals surface area contributed by atoms with Crippen LogP contribution < -0.4 is 5.73 Å². The van der Waals surface area contributed by atoms with Gasteiger partial charge in [-0.3, -0.25) is 4.90 Å². The Hall–Kier alpha value is -0.160. The van der Waals surface area contributed by atoms with Gasteiger partial charge >= 0.3 is 0 Å². The van der Waals surface area contributed by atoms with E-state index in [9.17, 15) is 0 Å². The average molecular weight is 254 g/mol. The molecule has 2 N–H and O–H groups in total. The molecule has 2 aliphatic heterocycles. The van der Waals surface area contributed by atoms with E-state index in [0.717, 1.165) is 38.4 Å². The third-order valence-corrected chi connectivity index (χ3v) is 4.94. The van der Waals surface area contributed by atoms with E-state index < -0.39 is 0 Å². The van der Waals surface area contributed by atoms with Crippen LogP contribution in [0, 0.1) is 5.92 Å². The maximum Gasteiger partial charge on any atom is 0.170 e. The third-order valence-electron chi connectivity index (χ3n) is 4.94.